The number of carbonyl (C=O) groups excluding carboxylic acids is 4. The minimum absolute atomic E-state index is 0.0339. The maximum atomic E-state index is 14.4. The molecule has 6 atom stereocenters. The van der Waals surface area contributed by atoms with Gasteiger partial charge in [-0.25, -0.2) is 0 Å². The molecule has 54 heavy (non-hydrogen) atoms. The Kier molecular flexibility index (Phi) is 15.8. The van der Waals surface area contributed by atoms with Gasteiger partial charge < -0.3 is 35.3 Å². The van der Waals surface area contributed by atoms with Crippen LogP contribution < -0.4 is 16.0 Å². The predicted molar refractivity (Wildman–Crippen MR) is 217 cm³/mol. The van der Waals surface area contributed by atoms with Gasteiger partial charge in [0.05, 0.1) is 23.7 Å². The van der Waals surface area contributed by atoms with Crippen LogP contribution in [0.5, 0.6) is 0 Å². The summed E-state index contributed by atoms with van der Waals surface area (Å²) in [6.45, 7) is 18.6. The fraction of sp³-hybridized carbons (Fsp3) is 0.591. The fourth-order valence-electron chi connectivity index (χ4n) is 7.88. The van der Waals surface area contributed by atoms with Gasteiger partial charge in [-0.15, -0.1) is 0 Å². The smallest absolute Gasteiger partial charge is 0.249 e. The molecule has 3 N–H and O–H groups in total. The lowest BCUT2D eigenvalue weighted by Gasteiger charge is -2.41. The summed E-state index contributed by atoms with van der Waals surface area (Å²) in [5.41, 5.74) is 0.499. The number of aldehydes is 1. The number of ether oxygens (including phenoxy) is 1. The Balaban J connectivity index is 1.82. The number of benzene rings is 2. The van der Waals surface area contributed by atoms with Crippen molar-refractivity contribution in [3.63, 3.8) is 0 Å². The Morgan fingerprint density at radius 3 is 2.07 bits per heavy atom. The summed E-state index contributed by atoms with van der Waals surface area (Å²) in [7, 11) is 5.10. The maximum Gasteiger partial charge on any atom is 0.249 e. The number of hydrogen-bond donors (Lipinski definition) is 3. The third-order valence-electron chi connectivity index (χ3n) is 11.2. The minimum atomic E-state index is -1.02. The summed E-state index contributed by atoms with van der Waals surface area (Å²) in [6.07, 6.45) is 4.44. The summed E-state index contributed by atoms with van der Waals surface area (Å²) in [5.74, 6) is -0.682. The highest BCUT2D eigenvalue weighted by molar-refractivity contribution is 5.94. The molecule has 1 heterocycles. The SMILES string of the molecule is CN[C@H](C(=O)N[C@H](C(=O)N(C)[C@H](/C=C(\C)C(=O)N1CCC[C@H]1[C@@H](OC)[C@](C)(C=O)NCCc1ccccc1)C(C)C)C(C)(C)C)C(C)(C)c1ccccc1. The first kappa shape index (κ1) is 44.5. The van der Waals surface area contributed by atoms with Crippen molar-refractivity contribution >= 4 is 24.0 Å². The molecule has 2 aromatic rings. The third kappa shape index (κ3) is 10.7. The number of rotatable bonds is 18. The molecule has 0 unspecified atom stereocenters. The van der Waals surface area contributed by atoms with Crippen molar-refractivity contribution in [2.45, 2.75) is 123 Å². The van der Waals surface area contributed by atoms with E-state index in [4.69, 9.17) is 4.74 Å². The standard InChI is InChI=1S/C44H67N5O5/c1-30(2)35(48(11)41(53)37(42(4,5)6)47-39(51)36(45-10)43(7,8)33-22-17-14-18-23-33)28-31(3)40(52)49-27-19-24-34(49)38(54-12)44(9,29-50)46-26-25-32-20-15-13-16-21-32/h13-18,20-23,28-30,34-38,45-46H,19,24-27H2,1-12H3,(H,47,51)/b31-28+/t34-,35+,36+,37+,38+,44-/m0/s1. The Hall–Kier alpha value is -3.86. The highest BCUT2D eigenvalue weighted by atomic mass is 16.5. The van der Waals surface area contributed by atoms with Crippen molar-refractivity contribution in [1.29, 1.82) is 0 Å². The molecule has 0 saturated carbocycles. The van der Waals surface area contributed by atoms with Crippen molar-refractivity contribution in [2.75, 3.05) is 34.3 Å². The average molecular weight is 746 g/mol. The molecule has 298 valence electrons. The Bertz CT molecular complexity index is 1570. The lowest BCUT2D eigenvalue weighted by molar-refractivity contribution is -0.141. The first-order valence-electron chi connectivity index (χ1n) is 19.4. The largest absolute Gasteiger partial charge is 0.377 e. The lowest BCUT2D eigenvalue weighted by Crippen LogP contribution is -2.62. The quantitative estimate of drug-likeness (QED) is 0.140. The molecule has 0 aliphatic carbocycles. The summed E-state index contributed by atoms with van der Waals surface area (Å²) >= 11 is 0. The summed E-state index contributed by atoms with van der Waals surface area (Å²) in [6, 6.07) is 17.8. The molecule has 0 radical (unpaired) electrons. The van der Waals surface area contributed by atoms with Crippen LogP contribution in [-0.2, 0) is 35.8 Å². The van der Waals surface area contributed by atoms with Gasteiger partial charge in [-0.05, 0) is 62.6 Å². The number of hydrogen-bond acceptors (Lipinski definition) is 7. The van der Waals surface area contributed by atoms with Crippen LogP contribution in [0.25, 0.3) is 0 Å². The van der Waals surface area contributed by atoms with E-state index in [1.807, 2.05) is 115 Å². The second-order valence-corrected chi connectivity index (χ2v) is 17.1. The van der Waals surface area contributed by atoms with Gasteiger partial charge in [0.2, 0.25) is 17.7 Å². The van der Waals surface area contributed by atoms with E-state index in [0.717, 1.165) is 24.7 Å². The highest BCUT2D eigenvalue weighted by Gasteiger charge is 2.46. The topological polar surface area (TPSA) is 120 Å². The second kappa shape index (κ2) is 19.1. The fourth-order valence-corrected chi connectivity index (χ4v) is 7.88. The molecule has 0 aromatic heterocycles. The molecule has 3 amide bonds. The van der Waals surface area contributed by atoms with E-state index in [2.05, 4.69) is 28.1 Å². The Morgan fingerprint density at radius 1 is 0.963 bits per heavy atom. The molecule has 1 saturated heterocycles. The van der Waals surface area contributed by atoms with Crippen LogP contribution in [0.15, 0.2) is 72.3 Å². The molecule has 3 rings (SSSR count). The molecule has 10 nitrogen and oxygen atoms in total. The van der Waals surface area contributed by atoms with Crippen molar-refractivity contribution in [3.05, 3.63) is 83.4 Å². The van der Waals surface area contributed by atoms with Gasteiger partial charge in [0, 0.05) is 38.2 Å². The second-order valence-electron chi connectivity index (χ2n) is 17.1. The molecule has 1 aliphatic heterocycles. The highest BCUT2D eigenvalue weighted by Crippen LogP contribution is 2.31. The zero-order valence-corrected chi connectivity index (χ0v) is 34.9. The molecule has 1 aliphatic rings. The predicted octanol–water partition coefficient (Wildman–Crippen LogP) is 5.31. The molecule has 10 heteroatoms. The number of likely N-dealkylation sites (tertiary alicyclic amines) is 1. The number of amides is 3. The van der Waals surface area contributed by atoms with E-state index in [1.54, 1.807) is 33.0 Å². The van der Waals surface area contributed by atoms with Crippen LogP contribution >= 0.6 is 0 Å². The van der Waals surface area contributed by atoms with Gasteiger partial charge in [-0.3, -0.25) is 14.4 Å². The van der Waals surface area contributed by atoms with Gasteiger partial charge in [0.15, 0.2) is 0 Å². The summed E-state index contributed by atoms with van der Waals surface area (Å²) < 4.78 is 6.00. The van der Waals surface area contributed by atoms with Gasteiger partial charge >= 0.3 is 0 Å². The van der Waals surface area contributed by atoms with Crippen molar-refractivity contribution in [1.82, 2.24) is 25.8 Å². The van der Waals surface area contributed by atoms with Crippen LogP contribution in [0.1, 0.15) is 86.3 Å². The molecule has 0 bridgehead atoms. The van der Waals surface area contributed by atoms with Crippen LogP contribution in [0.3, 0.4) is 0 Å². The van der Waals surface area contributed by atoms with Crippen LogP contribution in [0.4, 0.5) is 0 Å². The van der Waals surface area contributed by atoms with Crippen LogP contribution in [0.2, 0.25) is 0 Å². The van der Waals surface area contributed by atoms with Crippen LogP contribution in [0, 0.1) is 11.3 Å². The van der Waals surface area contributed by atoms with E-state index in [1.165, 1.54) is 5.56 Å². The summed E-state index contributed by atoms with van der Waals surface area (Å²) in [4.78, 5) is 58.7. The number of nitrogens with one attached hydrogen (secondary N) is 3. The molecule has 0 spiro atoms. The normalized spacial score (nSPS) is 18.7. The van der Waals surface area contributed by atoms with Gasteiger partial charge in [-0.1, -0.05) is 115 Å². The number of carbonyl (C=O) groups is 4. The Labute approximate surface area is 324 Å². The zero-order valence-electron chi connectivity index (χ0n) is 34.9. The third-order valence-corrected chi connectivity index (χ3v) is 11.2. The number of methoxy groups -OCH3 is 1. The Morgan fingerprint density at radius 2 is 1.56 bits per heavy atom. The lowest BCUT2D eigenvalue weighted by atomic mass is 9.76. The van der Waals surface area contributed by atoms with Crippen molar-refractivity contribution in [2.24, 2.45) is 11.3 Å². The van der Waals surface area contributed by atoms with E-state index in [-0.39, 0.29) is 29.7 Å². The van der Waals surface area contributed by atoms with E-state index >= 15 is 0 Å². The first-order chi connectivity index (χ1) is 25.3. The molecular weight excluding hydrogens is 679 g/mol. The first-order valence-corrected chi connectivity index (χ1v) is 19.4. The number of nitrogens with zero attached hydrogens (tertiary/aromatic N) is 2. The summed E-state index contributed by atoms with van der Waals surface area (Å²) in [5, 5.41) is 9.73. The van der Waals surface area contributed by atoms with E-state index in [0.29, 0.717) is 25.1 Å². The van der Waals surface area contributed by atoms with E-state index in [9.17, 15) is 19.2 Å². The van der Waals surface area contributed by atoms with Gasteiger partial charge in [0.1, 0.15) is 18.4 Å². The maximum absolute atomic E-state index is 14.4. The monoisotopic (exact) mass is 746 g/mol. The van der Waals surface area contributed by atoms with Crippen molar-refractivity contribution in [3.8, 4) is 0 Å². The molecule has 2 aromatic carbocycles. The molecule has 1 fully saturated rings. The van der Waals surface area contributed by atoms with Gasteiger partial charge in [0.25, 0.3) is 0 Å². The minimum Gasteiger partial charge on any atom is -0.377 e. The number of likely N-dealkylation sites (N-methyl/N-ethyl adjacent to an activating group) is 2. The van der Waals surface area contributed by atoms with Crippen LogP contribution in [-0.4, -0.2) is 104 Å². The molecular formula is C44H67N5O5. The van der Waals surface area contributed by atoms with E-state index < -0.39 is 40.6 Å². The average Bonchev–Trinajstić information content (AvgIpc) is 3.61. The van der Waals surface area contributed by atoms with Gasteiger partial charge in [-0.2, -0.15) is 0 Å². The van der Waals surface area contributed by atoms with Crippen molar-refractivity contribution < 1.29 is 23.9 Å². The zero-order chi connectivity index (χ0) is 40.4.